The third-order valence-corrected chi connectivity index (χ3v) is 6.52. The van der Waals surface area contributed by atoms with Gasteiger partial charge in [-0.1, -0.05) is 23.7 Å². The van der Waals surface area contributed by atoms with E-state index in [-0.39, 0.29) is 16.6 Å². The average Bonchev–Trinajstić information content (AvgIpc) is 3.41. The third kappa shape index (κ3) is 5.17. The predicted molar refractivity (Wildman–Crippen MR) is 148 cm³/mol. The van der Waals surface area contributed by atoms with Crippen molar-refractivity contribution in [1.29, 1.82) is 5.26 Å². The molecular formula is C27H22BClF2N8. The lowest BCUT2D eigenvalue weighted by atomic mass is 9.69. The monoisotopic (exact) mass is 542 g/mol. The molecule has 0 amide bonds. The summed E-state index contributed by atoms with van der Waals surface area (Å²) in [5.74, 6) is -0.936. The van der Waals surface area contributed by atoms with Gasteiger partial charge in [0.1, 0.15) is 25.5 Å². The molecule has 3 heterocycles. The van der Waals surface area contributed by atoms with E-state index in [1.807, 2.05) is 25.1 Å². The summed E-state index contributed by atoms with van der Waals surface area (Å²) in [7, 11) is 6.99. The lowest BCUT2D eigenvalue weighted by molar-refractivity contribution is 0.220. The van der Waals surface area contributed by atoms with Gasteiger partial charge in [-0.15, -0.1) is 5.53 Å². The first-order valence-electron chi connectivity index (χ1n) is 11.9. The second kappa shape index (κ2) is 10.4. The molecule has 1 aliphatic rings. The van der Waals surface area contributed by atoms with Crippen LogP contribution in [0.1, 0.15) is 25.0 Å². The maximum atomic E-state index is 13.8. The molecule has 194 valence electrons. The van der Waals surface area contributed by atoms with E-state index >= 15 is 0 Å². The van der Waals surface area contributed by atoms with Gasteiger partial charge in [0.2, 0.25) is 0 Å². The van der Waals surface area contributed by atoms with E-state index in [9.17, 15) is 14.0 Å². The Morgan fingerprint density at radius 2 is 1.85 bits per heavy atom. The van der Waals surface area contributed by atoms with Crippen LogP contribution < -0.4 is 21.6 Å². The van der Waals surface area contributed by atoms with Crippen molar-refractivity contribution in [2.75, 3.05) is 10.6 Å². The van der Waals surface area contributed by atoms with E-state index in [2.05, 4.69) is 37.6 Å². The molecule has 8 nitrogen and oxygen atoms in total. The minimum absolute atomic E-state index is 0.115. The summed E-state index contributed by atoms with van der Waals surface area (Å²) in [5.41, 5.74) is 7.76. The van der Waals surface area contributed by atoms with Gasteiger partial charge >= 0.3 is 0 Å². The van der Waals surface area contributed by atoms with Crippen LogP contribution >= 0.6 is 11.6 Å². The number of anilines is 3. The number of halogens is 3. The lowest BCUT2D eigenvalue weighted by Gasteiger charge is -2.34. The van der Waals surface area contributed by atoms with Gasteiger partial charge in [0.05, 0.1) is 51.0 Å². The van der Waals surface area contributed by atoms with E-state index in [4.69, 9.17) is 19.4 Å². The minimum Gasteiger partial charge on any atom is -0.378 e. The number of pyridine rings is 2. The topological polar surface area (TPSA) is 101 Å². The summed E-state index contributed by atoms with van der Waals surface area (Å²) in [6, 6.07) is 12.7. The van der Waals surface area contributed by atoms with Gasteiger partial charge in [0.25, 0.3) is 0 Å². The van der Waals surface area contributed by atoms with Gasteiger partial charge in [0, 0.05) is 35.6 Å². The molecule has 1 atom stereocenters. The van der Waals surface area contributed by atoms with Crippen LogP contribution in [-0.2, 0) is 5.44 Å². The molecule has 0 saturated carbocycles. The Kier molecular flexibility index (Phi) is 6.99. The van der Waals surface area contributed by atoms with Crippen LogP contribution in [0.3, 0.4) is 0 Å². The molecular weight excluding hydrogens is 521 g/mol. The first kappa shape index (κ1) is 26.2. The Labute approximate surface area is 230 Å². The van der Waals surface area contributed by atoms with Gasteiger partial charge in [0.15, 0.2) is 0 Å². The zero-order chi connectivity index (χ0) is 27.7. The normalized spacial score (nSPS) is 14.5. The number of hydrazine groups is 2. The van der Waals surface area contributed by atoms with Gasteiger partial charge in [-0.05, 0) is 43.7 Å². The van der Waals surface area contributed by atoms with Crippen molar-refractivity contribution in [1.82, 2.24) is 25.9 Å². The Balaban J connectivity index is 1.64. The number of hydrogen-bond acceptors (Lipinski definition) is 8. The van der Waals surface area contributed by atoms with Crippen molar-refractivity contribution in [3.8, 4) is 6.07 Å². The number of rotatable bonds is 7. The molecule has 4 N–H and O–H groups in total. The third-order valence-electron chi connectivity index (χ3n) is 6.23. The standard InChI is InChI=1S/C27H22BClF2N8/c1-15(2)39-14-24(37-38-39)27(28,17-3-5-18(30)6-4-17)36-20-8-22-25(35-21-7-19(31)12-33-13-21)16(10-32)11-34-26(22)23(29)9-20/h3-9,11-15,36-38H,1-2H3,(H,34,35). The number of hydrogen-bond donors (Lipinski definition) is 4. The molecule has 0 saturated heterocycles. The number of aromatic nitrogens is 2. The Morgan fingerprint density at radius 1 is 1.08 bits per heavy atom. The second-order valence-electron chi connectivity index (χ2n) is 9.25. The zero-order valence-corrected chi connectivity index (χ0v) is 21.7. The van der Waals surface area contributed by atoms with Crippen molar-refractivity contribution >= 4 is 47.4 Å². The summed E-state index contributed by atoms with van der Waals surface area (Å²) < 4.78 is 27.6. The number of nitrogens with one attached hydrogen (secondary N) is 4. The lowest BCUT2D eigenvalue weighted by Crippen LogP contribution is -2.46. The molecule has 1 unspecified atom stereocenters. The molecule has 4 aromatic rings. The van der Waals surface area contributed by atoms with Crippen LogP contribution in [0, 0.1) is 23.0 Å². The second-order valence-corrected chi connectivity index (χ2v) is 9.66. The van der Waals surface area contributed by atoms with Gasteiger partial charge in [-0.25, -0.2) is 8.78 Å². The molecule has 2 radical (unpaired) electrons. The summed E-state index contributed by atoms with van der Waals surface area (Å²) >= 11 is 6.65. The first-order valence-corrected chi connectivity index (χ1v) is 12.3. The smallest absolute Gasteiger partial charge is 0.143 e. The van der Waals surface area contributed by atoms with E-state index < -0.39 is 17.1 Å². The van der Waals surface area contributed by atoms with Crippen molar-refractivity contribution in [3.05, 3.63) is 101 Å². The summed E-state index contributed by atoms with van der Waals surface area (Å²) in [5, 5.41) is 18.8. The molecule has 12 heteroatoms. The van der Waals surface area contributed by atoms with Crippen LogP contribution in [0.4, 0.5) is 25.8 Å². The van der Waals surface area contributed by atoms with Crippen LogP contribution in [0.15, 0.2) is 73.0 Å². The SMILES string of the molecule is [B]C(Nc1cc(Cl)c2ncc(C#N)c(Nc3cncc(F)c3)c2c1)(C1=CN(C(C)C)NN1)c1ccc(F)cc1. The van der Waals surface area contributed by atoms with E-state index in [0.29, 0.717) is 39.2 Å². The number of nitrogens with zero attached hydrogens (tertiary/aromatic N) is 4. The molecule has 0 fully saturated rings. The zero-order valence-electron chi connectivity index (χ0n) is 20.9. The van der Waals surface area contributed by atoms with Crippen LogP contribution in [0.2, 0.25) is 5.02 Å². The molecule has 2 aromatic heterocycles. The van der Waals surface area contributed by atoms with E-state index in [1.165, 1.54) is 30.6 Å². The fourth-order valence-corrected chi connectivity index (χ4v) is 4.49. The Morgan fingerprint density at radius 3 is 2.51 bits per heavy atom. The molecule has 2 aromatic carbocycles. The quantitative estimate of drug-likeness (QED) is 0.237. The van der Waals surface area contributed by atoms with E-state index in [0.717, 1.165) is 6.20 Å². The molecule has 0 spiro atoms. The van der Waals surface area contributed by atoms with Crippen LogP contribution in [0.25, 0.3) is 10.9 Å². The molecule has 5 rings (SSSR count). The van der Waals surface area contributed by atoms with Crippen LogP contribution in [-0.4, -0.2) is 28.9 Å². The van der Waals surface area contributed by atoms with Gasteiger partial charge in [-0.2, -0.15) is 5.26 Å². The Hall–Kier alpha value is -4.40. The maximum Gasteiger partial charge on any atom is 0.143 e. The fraction of sp³-hybridized carbons (Fsp3) is 0.148. The number of nitriles is 1. The predicted octanol–water partition coefficient (Wildman–Crippen LogP) is 5.18. The average molecular weight is 543 g/mol. The van der Waals surface area contributed by atoms with E-state index in [1.54, 1.807) is 24.3 Å². The summed E-state index contributed by atoms with van der Waals surface area (Å²) in [4.78, 5) is 8.22. The fourth-order valence-electron chi connectivity index (χ4n) is 4.22. The first-order chi connectivity index (χ1) is 18.7. The number of benzene rings is 2. The van der Waals surface area contributed by atoms with Crippen molar-refractivity contribution in [2.24, 2.45) is 0 Å². The maximum absolute atomic E-state index is 13.8. The van der Waals surface area contributed by atoms with Crippen LogP contribution in [0.5, 0.6) is 0 Å². The highest BCUT2D eigenvalue weighted by Gasteiger charge is 2.34. The highest BCUT2D eigenvalue weighted by Crippen LogP contribution is 2.38. The highest BCUT2D eigenvalue weighted by molar-refractivity contribution is 6.36. The van der Waals surface area contributed by atoms with Gasteiger partial charge < -0.3 is 16.1 Å². The summed E-state index contributed by atoms with van der Waals surface area (Å²) in [6.45, 7) is 4.01. The summed E-state index contributed by atoms with van der Waals surface area (Å²) in [6.07, 6.45) is 5.73. The molecule has 39 heavy (non-hydrogen) atoms. The van der Waals surface area contributed by atoms with Crippen molar-refractivity contribution < 1.29 is 8.78 Å². The number of fused-ring (bicyclic) bond motifs is 1. The largest absolute Gasteiger partial charge is 0.378 e. The molecule has 0 bridgehead atoms. The van der Waals surface area contributed by atoms with Gasteiger partial charge in [-0.3, -0.25) is 15.0 Å². The Bertz CT molecular complexity index is 1620. The minimum atomic E-state index is -1.36. The van der Waals surface area contributed by atoms with Crippen molar-refractivity contribution in [3.63, 3.8) is 0 Å². The highest BCUT2D eigenvalue weighted by atomic mass is 35.5. The molecule has 1 aliphatic heterocycles. The molecule has 0 aliphatic carbocycles. The van der Waals surface area contributed by atoms with Crippen molar-refractivity contribution in [2.45, 2.75) is 25.3 Å².